The molecule has 2 fully saturated rings. The molecule has 2 aliphatic rings. The third kappa shape index (κ3) is 7.22. The average molecular weight is 400 g/mol. The summed E-state index contributed by atoms with van der Waals surface area (Å²) in [5.41, 5.74) is 1.34. The lowest BCUT2D eigenvalue weighted by molar-refractivity contribution is 0.162. The molecule has 2 aliphatic heterocycles. The summed E-state index contributed by atoms with van der Waals surface area (Å²) < 4.78 is 0. The smallest absolute Gasteiger partial charge is 0.191 e. The molecule has 0 spiro atoms. The maximum atomic E-state index is 4.98. The van der Waals surface area contributed by atoms with Crippen LogP contribution in [0.5, 0.6) is 0 Å². The monoisotopic (exact) mass is 399 g/mol. The number of likely N-dealkylation sites (tertiary alicyclic amines) is 1. The maximum Gasteiger partial charge on any atom is 0.191 e. The standard InChI is InChI=1S/C24H41N5/c1-4-25-24(26-17-21-9-8-14-28(19-21)18-20(2)3)27-22-12-15-29(16-13-22)23-10-6-5-7-11-23/h5-7,10-11,20-22H,4,8-9,12-19H2,1-3H3,(H2,25,26,27). The second-order valence-electron chi connectivity index (χ2n) is 9.12. The molecule has 5 nitrogen and oxygen atoms in total. The van der Waals surface area contributed by atoms with E-state index < -0.39 is 0 Å². The van der Waals surface area contributed by atoms with Crippen LogP contribution < -0.4 is 15.5 Å². The van der Waals surface area contributed by atoms with Crippen molar-refractivity contribution in [2.75, 3.05) is 50.7 Å². The molecular weight excluding hydrogens is 358 g/mol. The van der Waals surface area contributed by atoms with Crippen molar-refractivity contribution in [3.63, 3.8) is 0 Å². The molecule has 0 bridgehead atoms. The number of hydrogen-bond donors (Lipinski definition) is 2. The van der Waals surface area contributed by atoms with Gasteiger partial charge in [0.2, 0.25) is 0 Å². The Balaban J connectivity index is 1.47. The highest BCUT2D eigenvalue weighted by molar-refractivity contribution is 5.80. The predicted molar refractivity (Wildman–Crippen MR) is 125 cm³/mol. The van der Waals surface area contributed by atoms with E-state index in [0.717, 1.165) is 50.9 Å². The van der Waals surface area contributed by atoms with E-state index in [1.807, 2.05) is 0 Å². The van der Waals surface area contributed by atoms with E-state index >= 15 is 0 Å². The number of piperidine rings is 2. The fourth-order valence-electron chi connectivity index (χ4n) is 4.64. The summed E-state index contributed by atoms with van der Waals surface area (Å²) in [6, 6.07) is 11.3. The third-order valence-corrected chi connectivity index (χ3v) is 6.04. The van der Waals surface area contributed by atoms with E-state index in [1.165, 1.54) is 38.2 Å². The molecule has 1 aromatic carbocycles. The van der Waals surface area contributed by atoms with Crippen LogP contribution in [0.15, 0.2) is 35.3 Å². The van der Waals surface area contributed by atoms with Crippen molar-refractivity contribution in [3.05, 3.63) is 30.3 Å². The SMILES string of the molecule is CCNC(=NCC1CCCN(CC(C)C)C1)NC1CCN(c2ccccc2)CC1. The number of anilines is 1. The largest absolute Gasteiger partial charge is 0.371 e. The zero-order valence-corrected chi connectivity index (χ0v) is 18.7. The van der Waals surface area contributed by atoms with Crippen molar-refractivity contribution in [2.24, 2.45) is 16.8 Å². The van der Waals surface area contributed by atoms with Gasteiger partial charge < -0.3 is 20.4 Å². The van der Waals surface area contributed by atoms with E-state index in [4.69, 9.17) is 4.99 Å². The first-order chi connectivity index (χ1) is 14.1. The summed E-state index contributed by atoms with van der Waals surface area (Å²) in [5, 5.41) is 7.18. The fourth-order valence-corrected chi connectivity index (χ4v) is 4.64. The van der Waals surface area contributed by atoms with Crippen molar-refractivity contribution in [3.8, 4) is 0 Å². The highest BCUT2D eigenvalue weighted by Crippen LogP contribution is 2.20. The molecule has 0 aromatic heterocycles. The highest BCUT2D eigenvalue weighted by atomic mass is 15.2. The second-order valence-corrected chi connectivity index (χ2v) is 9.12. The molecule has 162 valence electrons. The summed E-state index contributed by atoms with van der Waals surface area (Å²) in [7, 11) is 0. The van der Waals surface area contributed by atoms with Crippen LogP contribution in [0, 0.1) is 11.8 Å². The Bertz CT molecular complexity index is 607. The number of nitrogens with zero attached hydrogens (tertiary/aromatic N) is 3. The normalized spacial score (nSPS) is 22.1. The van der Waals surface area contributed by atoms with E-state index in [1.54, 1.807) is 0 Å². The van der Waals surface area contributed by atoms with Gasteiger partial charge >= 0.3 is 0 Å². The van der Waals surface area contributed by atoms with Crippen molar-refractivity contribution in [1.82, 2.24) is 15.5 Å². The lowest BCUT2D eigenvalue weighted by Crippen LogP contribution is -2.49. The first-order valence-corrected chi connectivity index (χ1v) is 11.7. The molecule has 2 heterocycles. The van der Waals surface area contributed by atoms with Gasteiger partial charge in [-0.05, 0) is 63.1 Å². The van der Waals surface area contributed by atoms with Crippen molar-refractivity contribution < 1.29 is 0 Å². The number of aliphatic imine (C=N–C) groups is 1. The van der Waals surface area contributed by atoms with Gasteiger partial charge in [-0.3, -0.25) is 4.99 Å². The van der Waals surface area contributed by atoms with Crippen LogP contribution in [0.1, 0.15) is 46.5 Å². The van der Waals surface area contributed by atoms with Gasteiger partial charge in [-0.2, -0.15) is 0 Å². The molecule has 0 amide bonds. The van der Waals surface area contributed by atoms with Gasteiger partial charge in [0.15, 0.2) is 5.96 Å². The van der Waals surface area contributed by atoms with E-state index in [9.17, 15) is 0 Å². The van der Waals surface area contributed by atoms with Crippen molar-refractivity contribution >= 4 is 11.6 Å². The maximum absolute atomic E-state index is 4.98. The van der Waals surface area contributed by atoms with E-state index in [0.29, 0.717) is 12.0 Å². The molecule has 1 aromatic rings. The Kier molecular flexibility index (Phi) is 8.66. The lowest BCUT2D eigenvalue weighted by atomic mass is 9.97. The zero-order valence-electron chi connectivity index (χ0n) is 18.7. The van der Waals surface area contributed by atoms with Gasteiger partial charge in [-0.15, -0.1) is 0 Å². The molecule has 0 saturated carbocycles. The van der Waals surface area contributed by atoms with Crippen molar-refractivity contribution in [1.29, 1.82) is 0 Å². The molecule has 5 heteroatoms. The molecule has 2 N–H and O–H groups in total. The van der Waals surface area contributed by atoms with Gasteiger partial charge in [0.1, 0.15) is 0 Å². The lowest BCUT2D eigenvalue weighted by Gasteiger charge is -2.35. The molecule has 2 saturated heterocycles. The first kappa shape index (κ1) is 21.9. The van der Waals surface area contributed by atoms with Gasteiger partial charge in [-0.1, -0.05) is 32.0 Å². The molecule has 3 rings (SSSR count). The van der Waals surface area contributed by atoms with Crippen LogP contribution >= 0.6 is 0 Å². The zero-order chi connectivity index (χ0) is 20.5. The minimum atomic E-state index is 0.511. The van der Waals surface area contributed by atoms with Crippen LogP contribution in [-0.2, 0) is 0 Å². The highest BCUT2D eigenvalue weighted by Gasteiger charge is 2.22. The van der Waals surface area contributed by atoms with Crippen LogP contribution in [0.4, 0.5) is 5.69 Å². The van der Waals surface area contributed by atoms with Crippen LogP contribution in [0.3, 0.4) is 0 Å². The van der Waals surface area contributed by atoms with Crippen LogP contribution in [-0.4, -0.2) is 62.7 Å². The first-order valence-electron chi connectivity index (χ1n) is 11.7. The third-order valence-electron chi connectivity index (χ3n) is 6.04. The van der Waals surface area contributed by atoms with E-state index in [2.05, 4.69) is 71.5 Å². The minimum Gasteiger partial charge on any atom is -0.371 e. The Hall–Kier alpha value is -1.75. The summed E-state index contributed by atoms with van der Waals surface area (Å²) in [4.78, 5) is 10.1. The molecule has 0 radical (unpaired) electrons. The minimum absolute atomic E-state index is 0.511. The Morgan fingerprint density at radius 2 is 1.86 bits per heavy atom. The predicted octanol–water partition coefficient (Wildman–Crippen LogP) is 3.58. The van der Waals surface area contributed by atoms with Crippen LogP contribution in [0.2, 0.25) is 0 Å². The van der Waals surface area contributed by atoms with Gasteiger partial charge in [-0.25, -0.2) is 0 Å². The quantitative estimate of drug-likeness (QED) is 0.543. The topological polar surface area (TPSA) is 42.9 Å². The Morgan fingerprint density at radius 3 is 2.55 bits per heavy atom. The van der Waals surface area contributed by atoms with E-state index in [-0.39, 0.29) is 0 Å². The van der Waals surface area contributed by atoms with Crippen LogP contribution in [0.25, 0.3) is 0 Å². The molecule has 1 unspecified atom stereocenters. The number of hydrogen-bond acceptors (Lipinski definition) is 3. The number of para-hydroxylation sites is 1. The van der Waals surface area contributed by atoms with Gasteiger partial charge in [0.05, 0.1) is 0 Å². The fraction of sp³-hybridized carbons (Fsp3) is 0.708. The molecule has 0 aliphatic carbocycles. The summed E-state index contributed by atoms with van der Waals surface area (Å²) in [6.45, 7) is 14.5. The van der Waals surface area contributed by atoms with Gasteiger partial charge in [0.25, 0.3) is 0 Å². The molecule has 1 atom stereocenters. The average Bonchev–Trinajstić information content (AvgIpc) is 2.73. The number of guanidine groups is 1. The van der Waals surface area contributed by atoms with Gasteiger partial charge in [0, 0.05) is 51.0 Å². The molecular formula is C24H41N5. The number of benzene rings is 1. The van der Waals surface area contributed by atoms with Crippen molar-refractivity contribution in [2.45, 2.75) is 52.5 Å². The summed E-state index contributed by atoms with van der Waals surface area (Å²) >= 11 is 0. The second kappa shape index (κ2) is 11.4. The molecule has 29 heavy (non-hydrogen) atoms. The Labute approximate surface area is 178 Å². The number of rotatable bonds is 7. The summed E-state index contributed by atoms with van der Waals surface area (Å²) in [5.74, 6) is 2.45. The summed E-state index contributed by atoms with van der Waals surface area (Å²) in [6.07, 6.45) is 4.94. The Morgan fingerprint density at radius 1 is 1.10 bits per heavy atom. The number of nitrogens with one attached hydrogen (secondary N) is 2.